The number of fused-ring (bicyclic) bond motifs is 1. The van der Waals surface area contributed by atoms with Gasteiger partial charge in [-0.15, -0.1) is 0 Å². The number of aromatic nitrogens is 1. The first-order valence-electron chi connectivity index (χ1n) is 10.1. The second-order valence-electron chi connectivity index (χ2n) is 8.34. The molecule has 9 nitrogen and oxygen atoms in total. The third-order valence-corrected chi connectivity index (χ3v) is 6.41. The lowest BCUT2D eigenvalue weighted by Gasteiger charge is -2.39. The van der Waals surface area contributed by atoms with E-state index in [9.17, 15) is 32.8 Å². The Morgan fingerprint density at radius 2 is 2.00 bits per heavy atom. The van der Waals surface area contributed by atoms with Crippen LogP contribution in [0.4, 0.5) is 8.78 Å². The molecule has 1 aliphatic rings. The molecule has 0 bridgehead atoms. The molecule has 2 aromatic rings. The number of carbonyl (C=O) groups excluding carboxylic acids is 2. The van der Waals surface area contributed by atoms with Gasteiger partial charge in [0, 0.05) is 55.1 Å². The molecule has 0 radical (unpaired) electrons. The number of halogens is 2. The van der Waals surface area contributed by atoms with Crippen LogP contribution < -0.4 is 16.1 Å². The molecule has 1 aromatic carbocycles. The highest BCUT2D eigenvalue weighted by atomic mass is 31.1. The van der Waals surface area contributed by atoms with E-state index in [-0.39, 0.29) is 37.1 Å². The quantitative estimate of drug-likeness (QED) is 0.437. The van der Waals surface area contributed by atoms with Gasteiger partial charge >= 0.3 is 0 Å². The maximum Gasteiger partial charge on any atom is 0.257 e. The number of hydrogen-bond acceptors (Lipinski definition) is 6. The highest BCUT2D eigenvalue weighted by molar-refractivity contribution is 7.38. The Bertz CT molecular complexity index is 1200. The molecule has 0 spiro atoms. The SMILES string of the molecule is CC1(C)C(=O)c2c(O)c(=O)c(C(=O)NCc3ccc(F)cc3F)cn2CC1NCC[PH](=O)O. The van der Waals surface area contributed by atoms with Gasteiger partial charge in [-0.25, -0.2) is 8.78 Å². The molecule has 0 saturated heterocycles. The van der Waals surface area contributed by atoms with E-state index < -0.39 is 59.6 Å². The molecule has 178 valence electrons. The van der Waals surface area contributed by atoms with E-state index in [4.69, 9.17) is 4.89 Å². The summed E-state index contributed by atoms with van der Waals surface area (Å²) in [4.78, 5) is 47.3. The second kappa shape index (κ2) is 9.54. The maximum atomic E-state index is 13.8. The van der Waals surface area contributed by atoms with Gasteiger partial charge in [-0.1, -0.05) is 19.9 Å². The van der Waals surface area contributed by atoms with Crippen molar-refractivity contribution in [2.24, 2.45) is 5.41 Å². The molecule has 2 atom stereocenters. The lowest BCUT2D eigenvalue weighted by molar-refractivity contribution is 0.0700. The fourth-order valence-corrected chi connectivity index (χ4v) is 4.05. The summed E-state index contributed by atoms with van der Waals surface area (Å²) in [6.45, 7) is 3.19. The van der Waals surface area contributed by atoms with Crippen LogP contribution in [-0.2, 0) is 17.7 Å². The first kappa shape index (κ1) is 24.8. The molecule has 1 amide bonds. The lowest BCUT2D eigenvalue weighted by atomic mass is 9.75. The van der Waals surface area contributed by atoms with Crippen LogP contribution in [0.2, 0.25) is 0 Å². The van der Waals surface area contributed by atoms with E-state index >= 15 is 0 Å². The van der Waals surface area contributed by atoms with E-state index in [1.165, 1.54) is 4.57 Å². The number of rotatable bonds is 7. The van der Waals surface area contributed by atoms with Gasteiger partial charge in [0.15, 0.2) is 19.6 Å². The summed E-state index contributed by atoms with van der Waals surface area (Å²) in [6, 6.07) is 2.33. The first-order valence-corrected chi connectivity index (χ1v) is 11.7. The average Bonchev–Trinajstić information content (AvgIpc) is 2.73. The number of amides is 1. The number of nitrogens with one attached hydrogen (secondary N) is 2. The number of Topliss-reactive ketones (excluding diaryl/α,β-unsaturated/α-hetero) is 1. The van der Waals surface area contributed by atoms with Crippen molar-refractivity contribution in [1.29, 1.82) is 0 Å². The number of ketones is 1. The van der Waals surface area contributed by atoms with Crippen molar-refractivity contribution < 1.29 is 32.9 Å². The molecule has 1 aromatic heterocycles. The van der Waals surface area contributed by atoms with Crippen molar-refractivity contribution in [2.45, 2.75) is 33.0 Å². The molecule has 0 aliphatic carbocycles. The van der Waals surface area contributed by atoms with Gasteiger partial charge in [0.25, 0.3) is 5.91 Å². The number of benzene rings is 1. The molecule has 4 N–H and O–H groups in total. The lowest BCUT2D eigenvalue weighted by Crippen LogP contribution is -2.54. The molecule has 2 heterocycles. The van der Waals surface area contributed by atoms with E-state index in [0.29, 0.717) is 6.07 Å². The first-order chi connectivity index (χ1) is 15.4. The minimum absolute atomic E-state index is 0.00334. The Hall–Kier alpha value is -2.88. The van der Waals surface area contributed by atoms with E-state index in [0.717, 1.165) is 18.3 Å². The number of hydrogen-bond donors (Lipinski definition) is 4. The molecule has 12 heteroatoms. The van der Waals surface area contributed by atoms with Gasteiger partial charge in [-0.2, -0.15) is 0 Å². The van der Waals surface area contributed by atoms with Gasteiger partial charge in [-0.3, -0.25) is 18.9 Å². The minimum atomic E-state index is -2.70. The fourth-order valence-electron chi connectivity index (χ4n) is 3.69. The van der Waals surface area contributed by atoms with E-state index in [2.05, 4.69) is 10.6 Å². The predicted molar refractivity (Wildman–Crippen MR) is 116 cm³/mol. The molecule has 0 fully saturated rings. The normalized spacial score (nSPS) is 18.0. The van der Waals surface area contributed by atoms with Gasteiger partial charge in [0.1, 0.15) is 22.9 Å². The summed E-state index contributed by atoms with van der Waals surface area (Å²) in [5, 5.41) is 15.8. The van der Waals surface area contributed by atoms with Crippen molar-refractivity contribution in [2.75, 3.05) is 12.7 Å². The van der Waals surface area contributed by atoms with Crippen LogP contribution in [0.25, 0.3) is 0 Å². The highest BCUT2D eigenvalue weighted by Gasteiger charge is 2.44. The maximum absolute atomic E-state index is 13.8. The zero-order valence-electron chi connectivity index (χ0n) is 17.9. The summed E-state index contributed by atoms with van der Waals surface area (Å²) in [5.74, 6) is -3.95. The van der Waals surface area contributed by atoms with E-state index in [1.54, 1.807) is 13.8 Å². The van der Waals surface area contributed by atoms with Crippen molar-refractivity contribution in [3.63, 3.8) is 0 Å². The van der Waals surface area contributed by atoms with Crippen LogP contribution in [0.5, 0.6) is 5.75 Å². The summed E-state index contributed by atoms with van der Waals surface area (Å²) < 4.78 is 39.1. The molecule has 1 aliphatic heterocycles. The van der Waals surface area contributed by atoms with Crippen LogP contribution >= 0.6 is 8.03 Å². The van der Waals surface area contributed by atoms with Gasteiger partial charge in [0.05, 0.1) is 0 Å². The number of carbonyl (C=O) groups is 2. The molecule has 2 unspecified atom stereocenters. The molecule has 0 saturated carbocycles. The molecular weight excluding hydrogens is 459 g/mol. The summed E-state index contributed by atoms with van der Waals surface area (Å²) in [5.41, 5.74) is -2.78. The number of nitrogens with zero attached hydrogens (tertiary/aromatic N) is 1. The van der Waals surface area contributed by atoms with Crippen molar-refractivity contribution >= 4 is 19.7 Å². The minimum Gasteiger partial charge on any atom is -0.503 e. The van der Waals surface area contributed by atoms with Crippen molar-refractivity contribution in [3.8, 4) is 5.75 Å². The van der Waals surface area contributed by atoms with Gasteiger partial charge in [0.2, 0.25) is 5.43 Å². The Kier molecular flexibility index (Phi) is 7.16. The van der Waals surface area contributed by atoms with Crippen LogP contribution in [0, 0.1) is 17.0 Å². The number of aromatic hydroxyl groups is 1. The van der Waals surface area contributed by atoms with Crippen molar-refractivity contribution in [1.82, 2.24) is 15.2 Å². The zero-order chi connectivity index (χ0) is 24.5. The topological polar surface area (TPSA) is 138 Å². The summed E-state index contributed by atoms with van der Waals surface area (Å²) in [6.07, 6.45) is 1.16. The Labute approximate surface area is 188 Å². The standard InChI is InChI=1S/C21H24F2N3O6P/c1-21(2)15(24-5-6-33(31)32)10-26-9-13(17(27)18(28)16(26)19(21)29)20(30)25-8-11-3-4-12(22)7-14(11)23/h3-4,7,9,15,24,28,33H,5-6,8,10H2,1-2H3,(H,25,30)(H,31,32). The van der Waals surface area contributed by atoms with E-state index in [1.807, 2.05) is 0 Å². The molecule has 33 heavy (non-hydrogen) atoms. The van der Waals surface area contributed by atoms with Crippen LogP contribution in [0.3, 0.4) is 0 Å². The fraction of sp³-hybridized carbons (Fsp3) is 0.381. The summed E-state index contributed by atoms with van der Waals surface area (Å²) in [7, 11) is -2.70. The van der Waals surface area contributed by atoms with Crippen LogP contribution in [0.1, 0.15) is 40.3 Å². The third-order valence-electron chi connectivity index (χ3n) is 5.74. The second-order valence-corrected chi connectivity index (χ2v) is 9.63. The van der Waals surface area contributed by atoms with Gasteiger partial charge in [-0.05, 0) is 6.07 Å². The third kappa shape index (κ3) is 5.05. The van der Waals surface area contributed by atoms with Crippen LogP contribution in [-0.4, -0.2) is 45.0 Å². The Morgan fingerprint density at radius 1 is 1.30 bits per heavy atom. The van der Waals surface area contributed by atoms with Gasteiger partial charge < -0.3 is 25.2 Å². The Morgan fingerprint density at radius 3 is 2.64 bits per heavy atom. The molecule has 3 rings (SSSR count). The number of pyridine rings is 1. The van der Waals surface area contributed by atoms with Crippen LogP contribution in [0.15, 0.2) is 29.2 Å². The highest BCUT2D eigenvalue weighted by Crippen LogP contribution is 2.34. The monoisotopic (exact) mass is 483 g/mol. The average molecular weight is 483 g/mol. The Balaban J connectivity index is 1.88. The zero-order valence-corrected chi connectivity index (χ0v) is 18.9. The smallest absolute Gasteiger partial charge is 0.257 e. The summed E-state index contributed by atoms with van der Waals surface area (Å²) >= 11 is 0. The largest absolute Gasteiger partial charge is 0.503 e. The van der Waals surface area contributed by atoms with Crippen molar-refractivity contribution in [3.05, 3.63) is 63.1 Å². The molecular formula is C21H24F2N3O6P. The predicted octanol–water partition coefficient (Wildman–Crippen LogP) is 1.41.